The number of hydrogen-bond acceptors (Lipinski definition) is 2. The zero-order chi connectivity index (χ0) is 10.6. The zero-order valence-electron chi connectivity index (χ0n) is 8.89. The lowest BCUT2D eigenvalue weighted by atomic mass is 10.1. The summed E-state index contributed by atoms with van der Waals surface area (Å²) in [6.07, 6.45) is 1.68. The van der Waals surface area contributed by atoms with Gasteiger partial charge in [0.15, 0.2) is 5.60 Å². The Bertz CT molecular complexity index is 461. The van der Waals surface area contributed by atoms with E-state index in [1.807, 2.05) is 26.0 Å². The van der Waals surface area contributed by atoms with Crippen molar-refractivity contribution < 1.29 is 9.53 Å². The molecular formula is C12H13NO2. The van der Waals surface area contributed by atoms with Gasteiger partial charge >= 0.3 is 0 Å². The first kappa shape index (κ1) is 8.77. The Balaban J connectivity index is 2.12. The van der Waals surface area contributed by atoms with Crippen molar-refractivity contribution in [3.63, 3.8) is 0 Å². The quantitative estimate of drug-likeness (QED) is 0.701. The van der Waals surface area contributed by atoms with Crippen molar-refractivity contribution in [3.8, 4) is 5.75 Å². The standard InChI is InChI=1S/C12H13NO2/c1-7-3-4-9-10(8(7)2)13-11(14)12(15-9)5-6-12/h3-4H,5-6H2,1-2H3,(H,13,14). The van der Waals surface area contributed by atoms with Gasteiger partial charge in [0.25, 0.3) is 5.91 Å². The maximum Gasteiger partial charge on any atom is 0.268 e. The van der Waals surface area contributed by atoms with Crippen LogP contribution >= 0.6 is 0 Å². The SMILES string of the molecule is Cc1ccc2c(c1C)NC(=O)C1(CC1)O2. The van der Waals surface area contributed by atoms with Crippen molar-refractivity contribution in [3.05, 3.63) is 23.3 Å². The topological polar surface area (TPSA) is 38.3 Å². The monoisotopic (exact) mass is 203 g/mol. The molecule has 1 aliphatic carbocycles. The third-order valence-electron chi connectivity index (χ3n) is 3.36. The molecule has 0 saturated heterocycles. The van der Waals surface area contributed by atoms with E-state index in [2.05, 4.69) is 5.32 Å². The summed E-state index contributed by atoms with van der Waals surface area (Å²) in [4.78, 5) is 11.8. The Morgan fingerprint density at radius 1 is 1.33 bits per heavy atom. The number of carbonyl (C=O) groups is 1. The van der Waals surface area contributed by atoms with E-state index < -0.39 is 5.60 Å². The van der Waals surface area contributed by atoms with E-state index in [9.17, 15) is 4.79 Å². The zero-order valence-corrected chi connectivity index (χ0v) is 8.89. The van der Waals surface area contributed by atoms with Crippen LogP contribution in [-0.2, 0) is 4.79 Å². The van der Waals surface area contributed by atoms with Gasteiger partial charge < -0.3 is 10.1 Å². The molecule has 1 aromatic carbocycles. The fraction of sp³-hybridized carbons (Fsp3) is 0.417. The fourth-order valence-electron chi connectivity index (χ4n) is 1.96. The smallest absolute Gasteiger partial charge is 0.268 e. The molecule has 0 bridgehead atoms. The van der Waals surface area contributed by atoms with Crippen LogP contribution in [-0.4, -0.2) is 11.5 Å². The summed E-state index contributed by atoms with van der Waals surface area (Å²) in [7, 11) is 0. The number of ether oxygens (including phenoxy) is 1. The number of rotatable bonds is 0. The molecule has 0 atom stereocenters. The Labute approximate surface area is 88.4 Å². The summed E-state index contributed by atoms with van der Waals surface area (Å²) >= 11 is 0. The lowest BCUT2D eigenvalue weighted by molar-refractivity contribution is -0.125. The highest BCUT2D eigenvalue weighted by molar-refractivity contribution is 6.03. The second kappa shape index (κ2) is 2.54. The van der Waals surface area contributed by atoms with Crippen LogP contribution in [0.5, 0.6) is 5.75 Å². The lowest BCUT2D eigenvalue weighted by Crippen LogP contribution is -2.39. The molecule has 3 heteroatoms. The Hall–Kier alpha value is -1.51. The number of anilines is 1. The van der Waals surface area contributed by atoms with Crippen LogP contribution in [0.3, 0.4) is 0 Å². The molecule has 3 nitrogen and oxygen atoms in total. The van der Waals surface area contributed by atoms with E-state index >= 15 is 0 Å². The number of benzene rings is 1. The third kappa shape index (κ3) is 1.09. The molecule has 1 aliphatic heterocycles. The van der Waals surface area contributed by atoms with Gasteiger partial charge in [0.1, 0.15) is 5.75 Å². The van der Waals surface area contributed by atoms with Crippen LogP contribution in [0.25, 0.3) is 0 Å². The van der Waals surface area contributed by atoms with Gasteiger partial charge in [0, 0.05) is 12.8 Å². The molecule has 1 spiro atoms. The van der Waals surface area contributed by atoms with Gasteiger partial charge in [0.05, 0.1) is 5.69 Å². The van der Waals surface area contributed by atoms with Crippen LogP contribution < -0.4 is 10.1 Å². The van der Waals surface area contributed by atoms with Crippen molar-refractivity contribution in [2.75, 3.05) is 5.32 Å². The van der Waals surface area contributed by atoms with Gasteiger partial charge in [-0.25, -0.2) is 0 Å². The average Bonchev–Trinajstić information content (AvgIpc) is 2.97. The number of amides is 1. The highest BCUT2D eigenvalue weighted by Crippen LogP contribution is 2.47. The van der Waals surface area contributed by atoms with E-state index in [1.165, 1.54) is 5.56 Å². The number of hydrogen-bond donors (Lipinski definition) is 1. The lowest BCUT2D eigenvalue weighted by Gasteiger charge is -2.27. The minimum absolute atomic E-state index is 0.0173. The summed E-state index contributed by atoms with van der Waals surface area (Å²) in [6.45, 7) is 4.03. The summed E-state index contributed by atoms with van der Waals surface area (Å²) in [6, 6.07) is 3.97. The van der Waals surface area contributed by atoms with Crippen molar-refractivity contribution in [1.82, 2.24) is 0 Å². The van der Waals surface area contributed by atoms with Crippen LogP contribution in [0, 0.1) is 13.8 Å². The first-order valence-electron chi connectivity index (χ1n) is 5.23. The van der Waals surface area contributed by atoms with Crippen LogP contribution in [0.15, 0.2) is 12.1 Å². The first-order chi connectivity index (χ1) is 7.12. The molecule has 0 aromatic heterocycles. The molecule has 0 radical (unpaired) electrons. The van der Waals surface area contributed by atoms with Crippen molar-refractivity contribution in [1.29, 1.82) is 0 Å². The Kier molecular flexibility index (Phi) is 1.48. The maximum atomic E-state index is 11.8. The highest BCUT2D eigenvalue weighted by Gasteiger charge is 2.55. The van der Waals surface area contributed by atoms with Gasteiger partial charge in [0.2, 0.25) is 0 Å². The van der Waals surface area contributed by atoms with Crippen molar-refractivity contribution in [2.45, 2.75) is 32.3 Å². The molecule has 1 saturated carbocycles. The molecular weight excluding hydrogens is 190 g/mol. The van der Waals surface area contributed by atoms with Gasteiger partial charge in [-0.1, -0.05) is 6.07 Å². The van der Waals surface area contributed by atoms with Gasteiger partial charge in [-0.3, -0.25) is 4.79 Å². The maximum absolute atomic E-state index is 11.8. The van der Waals surface area contributed by atoms with Crippen molar-refractivity contribution in [2.24, 2.45) is 0 Å². The van der Waals surface area contributed by atoms with Gasteiger partial charge in [-0.2, -0.15) is 0 Å². The molecule has 1 N–H and O–H groups in total. The predicted octanol–water partition coefficient (Wildman–Crippen LogP) is 2.17. The van der Waals surface area contributed by atoms with E-state index in [1.54, 1.807) is 0 Å². The highest BCUT2D eigenvalue weighted by atomic mass is 16.5. The van der Waals surface area contributed by atoms with E-state index in [4.69, 9.17) is 4.74 Å². The first-order valence-corrected chi connectivity index (χ1v) is 5.23. The van der Waals surface area contributed by atoms with Gasteiger partial charge in [-0.15, -0.1) is 0 Å². The molecule has 1 heterocycles. The van der Waals surface area contributed by atoms with E-state index in [0.29, 0.717) is 0 Å². The molecule has 1 amide bonds. The molecule has 0 unspecified atom stereocenters. The second-order valence-corrected chi connectivity index (χ2v) is 4.43. The third-order valence-corrected chi connectivity index (χ3v) is 3.36. The number of carbonyl (C=O) groups excluding carboxylic acids is 1. The minimum atomic E-state index is -0.533. The molecule has 1 fully saturated rings. The minimum Gasteiger partial charge on any atom is -0.475 e. The van der Waals surface area contributed by atoms with Crippen LogP contribution in [0.4, 0.5) is 5.69 Å². The largest absolute Gasteiger partial charge is 0.475 e. The molecule has 1 aromatic rings. The number of aryl methyl sites for hydroxylation is 1. The van der Waals surface area contributed by atoms with Crippen LogP contribution in [0.1, 0.15) is 24.0 Å². The number of nitrogens with one attached hydrogen (secondary N) is 1. The summed E-state index contributed by atoms with van der Waals surface area (Å²) in [5.74, 6) is 0.832. The summed E-state index contributed by atoms with van der Waals surface area (Å²) in [5.41, 5.74) is 2.58. The fourth-order valence-corrected chi connectivity index (χ4v) is 1.96. The average molecular weight is 203 g/mol. The Morgan fingerprint density at radius 2 is 2.07 bits per heavy atom. The molecule has 78 valence electrons. The van der Waals surface area contributed by atoms with E-state index in [-0.39, 0.29) is 5.91 Å². The predicted molar refractivity (Wildman–Crippen MR) is 57.1 cm³/mol. The Morgan fingerprint density at radius 3 is 2.73 bits per heavy atom. The van der Waals surface area contributed by atoms with Gasteiger partial charge in [-0.05, 0) is 31.0 Å². The van der Waals surface area contributed by atoms with Crippen LogP contribution in [0.2, 0.25) is 0 Å². The molecule has 15 heavy (non-hydrogen) atoms. The van der Waals surface area contributed by atoms with Crippen molar-refractivity contribution >= 4 is 11.6 Å². The second-order valence-electron chi connectivity index (χ2n) is 4.43. The molecule has 3 rings (SSSR count). The normalized spacial score (nSPS) is 20.5. The van der Waals surface area contributed by atoms with E-state index in [0.717, 1.165) is 29.8 Å². The molecule has 2 aliphatic rings. The number of fused-ring (bicyclic) bond motifs is 1. The summed E-state index contributed by atoms with van der Waals surface area (Å²) in [5, 5.41) is 2.96. The summed E-state index contributed by atoms with van der Waals surface area (Å²) < 4.78 is 5.77.